The maximum absolute atomic E-state index is 12.5. The number of sulfonamides is 1. The first-order valence-electron chi connectivity index (χ1n) is 9.45. The second kappa shape index (κ2) is 9.48. The number of hydrogen-bond donors (Lipinski definition) is 1. The van der Waals surface area contributed by atoms with Crippen LogP contribution in [0.25, 0.3) is 0 Å². The van der Waals surface area contributed by atoms with Crippen molar-refractivity contribution in [1.82, 2.24) is 14.5 Å². The van der Waals surface area contributed by atoms with Gasteiger partial charge in [-0.3, -0.25) is 4.79 Å². The van der Waals surface area contributed by atoms with Crippen LogP contribution in [0.2, 0.25) is 0 Å². The Balaban J connectivity index is 1.93. The first-order chi connectivity index (χ1) is 12.4. The third-order valence-corrected chi connectivity index (χ3v) is 7.21. The van der Waals surface area contributed by atoms with E-state index in [1.807, 2.05) is 37.9 Å². The number of aryl methyl sites for hydroxylation is 1. The molecule has 0 unspecified atom stereocenters. The summed E-state index contributed by atoms with van der Waals surface area (Å²) < 4.78 is 26.4. The fourth-order valence-electron chi connectivity index (χ4n) is 3.37. The molecule has 0 atom stereocenters. The van der Waals surface area contributed by atoms with Crippen LogP contribution in [0.5, 0.6) is 0 Å². The lowest BCUT2D eigenvalue weighted by Crippen LogP contribution is -2.44. The molecule has 1 aromatic rings. The van der Waals surface area contributed by atoms with Crippen molar-refractivity contribution in [2.24, 2.45) is 0 Å². The predicted octanol–water partition coefficient (Wildman–Crippen LogP) is 1.86. The van der Waals surface area contributed by atoms with Crippen LogP contribution in [0, 0.1) is 0 Å². The third kappa shape index (κ3) is 5.05. The van der Waals surface area contributed by atoms with Gasteiger partial charge in [-0.25, -0.2) is 8.42 Å². The molecule has 1 aliphatic rings. The molecule has 0 saturated carbocycles. The van der Waals surface area contributed by atoms with Gasteiger partial charge in [0, 0.05) is 32.6 Å². The Hall–Kier alpha value is -1.44. The van der Waals surface area contributed by atoms with E-state index >= 15 is 0 Å². The van der Waals surface area contributed by atoms with Gasteiger partial charge < -0.3 is 10.2 Å². The lowest BCUT2D eigenvalue weighted by Gasteiger charge is -2.31. The summed E-state index contributed by atoms with van der Waals surface area (Å²) in [5.74, 6) is 0.150. The van der Waals surface area contributed by atoms with E-state index in [9.17, 15) is 13.2 Å². The van der Waals surface area contributed by atoms with Crippen LogP contribution in [0.15, 0.2) is 29.2 Å². The lowest BCUT2D eigenvalue weighted by atomic mass is 10.0. The molecule has 1 aromatic carbocycles. The number of hydrogen-bond acceptors (Lipinski definition) is 4. The normalized spacial score (nSPS) is 16.0. The fourth-order valence-corrected chi connectivity index (χ4v) is 4.82. The quantitative estimate of drug-likeness (QED) is 0.746. The highest BCUT2D eigenvalue weighted by Gasteiger charge is 2.22. The Morgan fingerprint density at radius 2 is 1.69 bits per heavy atom. The molecular weight excluding hydrogens is 350 g/mol. The van der Waals surface area contributed by atoms with Crippen molar-refractivity contribution in [3.05, 3.63) is 29.8 Å². The summed E-state index contributed by atoms with van der Waals surface area (Å²) in [7, 11) is -1.54. The first-order valence-corrected chi connectivity index (χ1v) is 10.9. The van der Waals surface area contributed by atoms with Gasteiger partial charge in [-0.05, 0) is 50.0 Å². The maximum Gasteiger partial charge on any atom is 0.243 e. The van der Waals surface area contributed by atoms with E-state index in [1.165, 1.54) is 4.31 Å². The van der Waals surface area contributed by atoms with Crippen molar-refractivity contribution in [2.75, 3.05) is 33.2 Å². The van der Waals surface area contributed by atoms with Crippen molar-refractivity contribution in [3.8, 4) is 0 Å². The van der Waals surface area contributed by atoms with E-state index in [0.29, 0.717) is 36.9 Å². The fraction of sp³-hybridized carbons (Fsp3) is 0.632. The van der Waals surface area contributed by atoms with Crippen LogP contribution >= 0.6 is 0 Å². The van der Waals surface area contributed by atoms with Crippen molar-refractivity contribution in [3.63, 3.8) is 0 Å². The molecule has 0 spiro atoms. The summed E-state index contributed by atoms with van der Waals surface area (Å²) >= 11 is 0. The Morgan fingerprint density at radius 1 is 1.12 bits per heavy atom. The number of carbonyl (C=O) groups is 1. The van der Waals surface area contributed by atoms with E-state index in [2.05, 4.69) is 5.32 Å². The Bertz CT molecular complexity index is 678. The van der Waals surface area contributed by atoms with Gasteiger partial charge in [0.05, 0.1) is 4.90 Å². The zero-order chi connectivity index (χ0) is 19.2. The molecule has 6 nitrogen and oxygen atoms in total. The van der Waals surface area contributed by atoms with Gasteiger partial charge in [-0.15, -0.1) is 0 Å². The number of rotatable bonds is 8. The summed E-state index contributed by atoms with van der Waals surface area (Å²) in [6.45, 7) is 6.51. The van der Waals surface area contributed by atoms with Gasteiger partial charge in [0.1, 0.15) is 0 Å². The Labute approximate surface area is 157 Å². The third-order valence-electron chi connectivity index (χ3n) is 5.14. The second-order valence-electron chi connectivity index (χ2n) is 6.72. The molecule has 0 aliphatic carbocycles. The van der Waals surface area contributed by atoms with E-state index in [-0.39, 0.29) is 5.91 Å². The van der Waals surface area contributed by atoms with Crippen molar-refractivity contribution < 1.29 is 13.2 Å². The SMILES string of the molecule is CCN(CC)S(=O)(=O)c1ccc(CCC(=O)N(C)C2CCNCC2)cc1. The Morgan fingerprint density at radius 3 is 2.23 bits per heavy atom. The highest BCUT2D eigenvalue weighted by molar-refractivity contribution is 7.89. The molecule has 0 aromatic heterocycles. The largest absolute Gasteiger partial charge is 0.343 e. The lowest BCUT2D eigenvalue weighted by molar-refractivity contribution is -0.132. The standard InChI is InChI=1S/C19H31N3O3S/c1-4-22(5-2)26(24,25)18-9-6-16(7-10-18)8-11-19(23)21(3)17-12-14-20-15-13-17/h6-7,9-10,17,20H,4-5,8,11-15H2,1-3H3. The second-order valence-corrected chi connectivity index (χ2v) is 8.66. The molecule has 1 aliphatic heterocycles. The topological polar surface area (TPSA) is 69.7 Å². The van der Waals surface area contributed by atoms with Crippen LogP contribution in [-0.4, -0.2) is 62.8 Å². The van der Waals surface area contributed by atoms with E-state index < -0.39 is 10.0 Å². The summed E-state index contributed by atoms with van der Waals surface area (Å²) in [5.41, 5.74) is 0.982. The van der Waals surface area contributed by atoms with E-state index in [1.54, 1.807) is 12.1 Å². The van der Waals surface area contributed by atoms with Crippen LogP contribution in [-0.2, 0) is 21.2 Å². The highest BCUT2D eigenvalue weighted by atomic mass is 32.2. The molecule has 1 heterocycles. The van der Waals surface area contributed by atoms with Crippen molar-refractivity contribution in [1.29, 1.82) is 0 Å². The molecule has 2 rings (SSSR count). The zero-order valence-corrected chi connectivity index (χ0v) is 16.9. The van der Waals surface area contributed by atoms with Gasteiger partial charge in [-0.2, -0.15) is 4.31 Å². The Kier molecular flexibility index (Phi) is 7.61. The number of nitrogens with zero attached hydrogens (tertiary/aromatic N) is 2. The molecule has 1 amide bonds. The van der Waals surface area contributed by atoms with Crippen LogP contribution in [0.4, 0.5) is 0 Å². The molecule has 1 N–H and O–H groups in total. The summed E-state index contributed by atoms with van der Waals surface area (Å²) in [4.78, 5) is 14.6. The van der Waals surface area contributed by atoms with Crippen LogP contribution < -0.4 is 5.32 Å². The molecule has 0 bridgehead atoms. The van der Waals surface area contributed by atoms with E-state index in [0.717, 1.165) is 31.5 Å². The summed E-state index contributed by atoms with van der Waals surface area (Å²) in [6.07, 6.45) is 3.07. The highest BCUT2D eigenvalue weighted by Crippen LogP contribution is 2.17. The zero-order valence-electron chi connectivity index (χ0n) is 16.1. The average molecular weight is 382 g/mol. The van der Waals surface area contributed by atoms with Crippen molar-refractivity contribution in [2.45, 2.75) is 50.5 Å². The molecule has 26 heavy (non-hydrogen) atoms. The first kappa shape index (κ1) is 20.9. The average Bonchev–Trinajstić information content (AvgIpc) is 2.67. The van der Waals surface area contributed by atoms with Crippen molar-refractivity contribution >= 4 is 15.9 Å². The molecule has 1 saturated heterocycles. The monoisotopic (exact) mass is 381 g/mol. The minimum Gasteiger partial charge on any atom is -0.343 e. The van der Waals surface area contributed by atoms with Gasteiger partial charge in [0.15, 0.2) is 0 Å². The number of carbonyl (C=O) groups excluding carboxylic acids is 1. The predicted molar refractivity (Wildman–Crippen MR) is 104 cm³/mol. The van der Waals surface area contributed by atoms with E-state index in [4.69, 9.17) is 0 Å². The summed E-state index contributed by atoms with van der Waals surface area (Å²) in [6, 6.07) is 7.24. The summed E-state index contributed by atoms with van der Waals surface area (Å²) in [5, 5.41) is 3.31. The smallest absolute Gasteiger partial charge is 0.243 e. The molecule has 146 valence electrons. The van der Waals surface area contributed by atoms with Crippen LogP contribution in [0.1, 0.15) is 38.7 Å². The molecule has 0 radical (unpaired) electrons. The van der Waals surface area contributed by atoms with Gasteiger partial charge in [-0.1, -0.05) is 26.0 Å². The maximum atomic E-state index is 12.5. The minimum atomic E-state index is -3.42. The minimum absolute atomic E-state index is 0.150. The van der Waals surface area contributed by atoms with Crippen LogP contribution in [0.3, 0.4) is 0 Å². The number of benzene rings is 1. The van der Waals surface area contributed by atoms with Gasteiger partial charge >= 0.3 is 0 Å². The molecule has 1 fully saturated rings. The number of piperidine rings is 1. The van der Waals surface area contributed by atoms with Gasteiger partial charge in [0.2, 0.25) is 15.9 Å². The number of amides is 1. The number of nitrogens with one attached hydrogen (secondary N) is 1. The molecular formula is C19H31N3O3S. The molecule has 7 heteroatoms. The van der Waals surface area contributed by atoms with Gasteiger partial charge in [0.25, 0.3) is 0 Å².